The fraction of sp³-hybridized carbons (Fsp3) is 0.306. The zero-order chi connectivity index (χ0) is 40.7. The van der Waals surface area contributed by atoms with Crippen molar-refractivity contribution >= 4 is 51.5 Å². The molecule has 0 radical (unpaired) electrons. The summed E-state index contributed by atoms with van der Waals surface area (Å²) < 4.78 is 67.4. The number of piperazine rings is 1. The second-order valence-corrected chi connectivity index (χ2v) is 13.7. The number of aryl methyl sites for hydroxylation is 2. The molecule has 2 N–H and O–H groups in total. The highest BCUT2D eigenvalue weighted by Gasteiger charge is 2.41. The quantitative estimate of drug-likeness (QED) is 0.242. The van der Waals surface area contributed by atoms with Crippen LogP contribution in [0.1, 0.15) is 56.9 Å². The third-order valence-corrected chi connectivity index (χ3v) is 10.3. The summed E-state index contributed by atoms with van der Waals surface area (Å²) in [7, 11) is 0. The molecular formula is C36H32ClF3N10O4. The van der Waals surface area contributed by atoms with E-state index in [1.54, 1.807) is 40.7 Å². The van der Waals surface area contributed by atoms with Gasteiger partial charge in [-0.05, 0) is 55.8 Å². The van der Waals surface area contributed by atoms with Crippen LogP contribution in [0.5, 0.6) is 5.75 Å². The number of fused-ring (bicyclic) bond motifs is 4. The highest BCUT2D eigenvalue weighted by atomic mass is 35.5. The molecule has 2 aliphatic rings. The number of hydrogen-bond acceptors (Lipinski definition) is 9. The average Bonchev–Trinajstić information content (AvgIpc) is 3.89. The van der Waals surface area contributed by atoms with Crippen molar-refractivity contribution in [3.63, 3.8) is 0 Å². The lowest BCUT2D eigenvalue weighted by atomic mass is 10.0. The van der Waals surface area contributed by atoms with Crippen LogP contribution in [0.3, 0.4) is 0 Å². The Bertz CT molecular complexity index is 2690. The van der Waals surface area contributed by atoms with Crippen LogP contribution < -0.4 is 15.8 Å². The number of benzene rings is 2. The smallest absolute Gasteiger partial charge is 0.416 e. The molecule has 1 saturated heterocycles. The SMILES string of the molecule is [2H]C([2H])([2H])n1ccc2cc(-c3nc4n5c(c(N6CCN(C(=O)c7ncnc(C)c7O)CC6)c(=O)n4n3)[C@H](C)C[C@@H]5C(=O)Nc3ccc(C(F)(F)F)cc3Cl)ccc21. The Balaban J connectivity index is 1.20. The molecule has 0 unspecified atom stereocenters. The van der Waals surface area contributed by atoms with Crippen LogP contribution >= 0.6 is 11.6 Å². The highest BCUT2D eigenvalue weighted by molar-refractivity contribution is 6.33. The van der Waals surface area contributed by atoms with Gasteiger partial charge in [0.25, 0.3) is 11.5 Å². The van der Waals surface area contributed by atoms with Crippen molar-refractivity contribution in [1.82, 2.24) is 38.6 Å². The van der Waals surface area contributed by atoms with Crippen molar-refractivity contribution < 1.29 is 32.0 Å². The lowest BCUT2D eigenvalue weighted by Crippen LogP contribution is -2.51. The van der Waals surface area contributed by atoms with E-state index in [0.29, 0.717) is 22.2 Å². The monoisotopic (exact) mass is 763 g/mol. The number of aromatic nitrogens is 7. The molecule has 8 rings (SSSR count). The second kappa shape index (κ2) is 12.9. The summed E-state index contributed by atoms with van der Waals surface area (Å²) in [5.41, 5.74) is 0.153. The number of anilines is 2. The van der Waals surface area contributed by atoms with Crippen molar-refractivity contribution in [2.75, 3.05) is 36.4 Å². The van der Waals surface area contributed by atoms with Gasteiger partial charge in [0.05, 0.1) is 27.7 Å². The van der Waals surface area contributed by atoms with Crippen LogP contribution in [0.4, 0.5) is 24.5 Å². The third-order valence-electron chi connectivity index (χ3n) is 9.95. The number of alkyl halides is 3. The summed E-state index contributed by atoms with van der Waals surface area (Å²) in [6, 6.07) is 8.15. The molecule has 6 aromatic rings. The summed E-state index contributed by atoms with van der Waals surface area (Å²) in [4.78, 5) is 57.9. The molecule has 2 aliphatic heterocycles. The second-order valence-electron chi connectivity index (χ2n) is 13.3. The van der Waals surface area contributed by atoms with Gasteiger partial charge in [0.1, 0.15) is 18.1 Å². The van der Waals surface area contributed by atoms with Crippen LogP contribution in [0, 0.1) is 6.92 Å². The normalized spacial score (nSPS) is 18.4. The van der Waals surface area contributed by atoms with Gasteiger partial charge in [0.2, 0.25) is 11.7 Å². The minimum absolute atomic E-state index is 0.0281. The van der Waals surface area contributed by atoms with Gasteiger partial charge in [0, 0.05) is 65.8 Å². The standard InChI is InChI=1S/C36H32ClF3N10O4/c1-18-14-26(32(52)43-24-6-5-22(16-23(24)37)36(38,39)40)49-28(18)29(47-10-12-48(13-11-47)33(53)27-30(51)19(2)41-17-42-27)34(54)50-35(49)44-31(45-50)21-4-7-25-20(15-21)8-9-46(25)3/h4-9,15-18,26,51H,10-14H2,1-3H3,(H,43,52)/t18-,26-/m1/s1/i3D3. The zero-order valence-corrected chi connectivity index (χ0v) is 29.4. The van der Waals surface area contributed by atoms with Crippen molar-refractivity contribution in [1.29, 1.82) is 0 Å². The average molecular weight is 764 g/mol. The number of carbonyl (C=O) groups is 2. The molecule has 1 fully saturated rings. The summed E-state index contributed by atoms with van der Waals surface area (Å²) in [5, 5.41) is 18.0. The molecule has 4 aromatic heterocycles. The Labute approximate surface area is 313 Å². The molecule has 54 heavy (non-hydrogen) atoms. The Kier molecular flexibility index (Phi) is 7.51. The van der Waals surface area contributed by atoms with Gasteiger partial charge in [0.15, 0.2) is 17.3 Å². The number of hydrogen-bond donors (Lipinski definition) is 2. The topological polar surface area (TPSA) is 156 Å². The first-order valence-electron chi connectivity index (χ1n) is 18.3. The first-order valence-corrected chi connectivity index (χ1v) is 17.2. The van der Waals surface area contributed by atoms with Gasteiger partial charge in [-0.3, -0.25) is 19.0 Å². The fourth-order valence-corrected chi connectivity index (χ4v) is 7.43. The van der Waals surface area contributed by atoms with E-state index < -0.39 is 48.0 Å². The summed E-state index contributed by atoms with van der Waals surface area (Å²) in [6.07, 6.45) is -1.83. The first-order chi connectivity index (χ1) is 26.9. The maximum absolute atomic E-state index is 14.5. The Hall–Kier alpha value is -5.97. The van der Waals surface area contributed by atoms with Crippen LogP contribution in [0.25, 0.3) is 28.1 Å². The van der Waals surface area contributed by atoms with Crippen LogP contribution in [-0.4, -0.2) is 81.7 Å². The molecule has 0 aliphatic carbocycles. The maximum Gasteiger partial charge on any atom is 0.416 e. The van der Waals surface area contributed by atoms with Crippen molar-refractivity contribution in [3.05, 3.63) is 93.0 Å². The van der Waals surface area contributed by atoms with Crippen molar-refractivity contribution in [2.45, 2.75) is 38.4 Å². The first kappa shape index (κ1) is 31.5. The molecule has 18 heteroatoms. The number of rotatable bonds is 5. The van der Waals surface area contributed by atoms with E-state index in [1.165, 1.54) is 17.4 Å². The fourth-order valence-electron chi connectivity index (χ4n) is 7.20. The number of nitrogens with one attached hydrogen (secondary N) is 1. The maximum atomic E-state index is 14.5. The van der Waals surface area contributed by atoms with E-state index in [9.17, 15) is 32.7 Å². The number of halogens is 4. The van der Waals surface area contributed by atoms with Crippen molar-refractivity contribution in [2.24, 2.45) is 6.98 Å². The molecule has 2 atom stereocenters. The minimum Gasteiger partial charge on any atom is -0.504 e. The molecule has 278 valence electrons. The van der Waals surface area contributed by atoms with E-state index in [4.69, 9.17) is 20.7 Å². The minimum atomic E-state index is -4.65. The van der Waals surface area contributed by atoms with Gasteiger partial charge < -0.3 is 24.8 Å². The van der Waals surface area contributed by atoms with Gasteiger partial charge in [-0.2, -0.15) is 22.7 Å². The van der Waals surface area contributed by atoms with E-state index in [1.807, 2.05) is 6.92 Å². The van der Waals surface area contributed by atoms with E-state index in [2.05, 4.69) is 20.4 Å². The van der Waals surface area contributed by atoms with E-state index in [0.717, 1.165) is 27.3 Å². The van der Waals surface area contributed by atoms with Crippen LogP contribution in [0.2, 0.25) is 5.02 Å². The molecule has 2 amide bonds. The van der Waals surface area contributed by atoms with Gasteiger partial charge in [-0.15, -0.1) is 5.10 Å². The van der Waals surface area contributed by atoms with Gasteiger partial charge >= 0.3 is 6.18 Å². The van der Waals surface area contributed by atoms with Crippen molar-refractivity contribution in [3.8, 4) is 17.1 Å². The molecule has 2 aromatic carbocycles. The molecule has 6 heterocycles. The van der Waals surface area contributed by atoms with Crippen LogP contribution in [0.15, 0.2) is 59.8 Å². The lowest BCUT2D eigenvalue weighted by molar-refractivity contribution is -0.137. The number of amides is 2. The molecule has 0 spiro atoms. The number of carbonyl (C=O) groups excluding carboxylic acids is 2. The molecule has 0 bridgehead atoms. The number of aromatic hydroxyl groups is 1. The van der Waals surface area contributed by atoms with Crippen LogP contribution in [-0.2, 0) is 17.9 Å². The zero-order valence-electron chi connectivity index (χ0n) is 31.6. The van der Waals surface area contributed by atoms with Gasteiger partial charge in [-0.1, -0.05) is 18.5 Å². The summed E-state index contributed by atoms with van der Waals surface area (Å²) in [5.74, 6) is -1.71. The summed E-state index contributed by atoms with van der Waals surface area (Å²) >= 11 is 6.21. The predicted octanol–water partition coefficient (Wildman–Crippen LogP) is 5.18. The number of nitrogens with zero attached hydrogens (tertiary/aromatic N) is 9. The Morgan fingerprint density at radius 2 is 1.85 bits per heavy atom. The summed E-state index contributed by atoms with van der Waals surface area (Å²) in [6.45, 7) is 1.66. The largest absolute Gasteiger partial charge is 0.504 e. The molecule has 14 nitrogen and oxygen atoms in total. The Morgan fingerprint density at radius 1 is 1.07 bits per heavy atom. The van der Waals surface area contributed by atoms with E-state index in [-0.39, 0.29) is 77.7 Å². The van der Waals surface area contributed by atoms with E-state index >= 15 is 0 Å². The lowest BCUT2D eigenvalue weighted by Gasteiger charge is -2.36. The third kappa shape index (κ3) is 5.78. The predicted molar refractivity (Wildman–Crippen MR) is 193 cm³/mol. The Morgan fingerprint density at radius 3 is 2.57 bits per heavy atom. The molecule has 0 saturated carbocycles. The highest BCUT2D eigenvalue weighted by Crippen LogP contribution is 2.42. The molecular weight excluding hydrogens is 729 g/mol. The van der Waals surface area contributed by atoms with Gasteiger partial charge in [-0.25, -0.2) is 9.97 Å².